The molecule has 4 heteroatoms. The number of fused-ring (bicyclic) bond motifs is 1. The standard InChI is InChI=1S/C17H16Cl2NS/c1-4-20-11(3)21-15-8-5-10(2)16(17(15)20)13-7-6-12(18)9-14(13)19/h5-9H,4H2,1-3H3/q+1. The van der Waals surface area contributed by atoms with Crippen LogP contribution in [0, 0.1) is 13.8 Å². The van der Waals surface area contributed by atoms with Gasteiger partial charge in [0.15, 0.2) is 0 Å². The van der Waals surface area contributed by atoms with Crippen molar-refractivity contribution >= 4 is 44.8 Å². The van der Waals surface area contributed by atoms with E-state index in [9.17, 15) is 0 Å². The van der Waals surface area contributed by atoms with Crippen LogP contribution in [-0.2, 0) is 6.54 Å². The second-order valence-corrected chi connectivity index (χ2v) is 7.17. The van der Waals surface area contributed by atoms with E-state index in [1.54, 1.807) is 0 Å². The summed E-state index contributed by atoms with van der Waals surface area (Å²) in [5, 5.41) is 2.67. The quantitative estimate of drug-likeness (QED) is 0.520. The van der Waals surface area contributed by atoms with Crippen LogP contribution in [0.15, 0.2) is 30.3 Å². The van der Waals surface area contributed by atoms with Crippen LogP contribution in [0.1, 0.15) is 17.5 Å². The smallest absolute Gasteiger partial charge is 0.186 e. The van der Waals surface area contributed by atoms with E-state index in [1.165, 1.54) is 26.4 Å². The Kier molecular flexibility index (Phi) is 3.96. The molecule has 21 heavy (non-hydrogen) atoms. The highest BCUT2D eigenvalue weighted by Crippen LogP contribution is 2.37. The fourth-order valence-corrected chi connectivity index (χ4v) is 4.40. The van der Waals surface area contributed by atoms with Gasteiger partial charge in [-0.05, 0) is 37.6 Å². The fourth-order valence-electron chi connectivity index (χ4n) is 2.81. The first-order chi connectivity index (χ1) is 10.0. The molecule has 0 unspecified atom stereocenters. The van der Waals surface area contributed by atoms with Gasteiger partial charge in [0, 0.05) is 17.5 Å². The molecule has 3 aromatic rings. The topological polar surface area (TPSA) is 3.88 Å². The Bertz CT molecular complexity index is 836. The van der Waals surface area contributed by atoms with E-state index in [2.05, 4.69) is 37.5 Å². The average Bonchev–Trinajstić information content (AvgIpc) is 2.75. The van der Waals surface area contributed by atoms with Crippen molar-refractivity contribution in [3.05, 3.63) is 50.9 Å². The molecule has 0 aliphatic carbocycles. The summed E-state index contributed by atoms with van der Waals surface area (Å²) in [6, 6.07) is 10.1. The van der Waals surface area contributed by atoms with E-state index < -0.39 is 0 Å². The molecule has 0 saturated carbocycles. The van der Waals surface area contributed by atoms with Crippen LogP contribution in [0.25, 0.3) is 21.3 Å². The Balaban J connectivity index is 2.43. The minimum absolute atomic E-state index is 0.665. The molecule has 3 rings (SSSR count). The molecule has 0 saturated heterocycles. The first kappa shape index (κ1) is 14.8. The fraction of sp³-hybridized carbons (Fsp3) is 0.235. The van der Waals surface area contributed by atoms with Crippen LogP contribution >= 0.6 is 34.5 Å². The van der Waals surface area contributed by atoms with Gasteiger partial charge in [-0.25, -0.2) is 0 Å². The summed E-state index contributed by atoms with van der Waals surface area (Å²) < 4.78 is 3.65. The summed E-state index contributed by atoms with van der Waals surface area (Å²) in [7, 11) is 0. The lowest BCUT2D eigenvalue weighted by Gasteiger charge is -2.08. The van der Waals surface area contributed by atoms with Crippen molar-refractivity contribution in [3.8, 4) is 11.1 Å². The van der Waals surface area contributed by atoms with E-state index in [-0.39, 0.29) is 0 Å². The average molecular weight is 337 g/mol. The van der Waals surface area contributed by atoms with E-state index >= 15 is 0 Å². The van der Waals surface area contributed by atoms with Crippen molar-refractivity contribution in [1.82, 2.24) is 0 Å². The number of thiazole rings is 1. The molecule has 0 radical (unpaired) electrons. The van der Waals surface area contributed by atoms with Crippen LogP contribution in [-0.4, -0.2) is 0 Å². The predicted molar refractivity (Wildman–Crippen MR) is 92.6 cm³/mol. The molecule has 1 heterocycles. The van der Waals surface area contributed by atoms with Gasteiger partial charge in [-0.3, -0.25) is 0 Å². The molecule has 0 fully saturated rings. The van der Waals surface area contributed by atoms with Crippen LogP contribution < -0.4 is 4.57 Å². The Hall–Kier alpha value is -1.09. The molecule has 0 aliphatic heterocycles. The van der Waals surface area contributed by atoms with Crippen molar-refractivity contribution < 1.29 is 4.57 Å². The number of hydrogen-bond acceptors (Lipinski definition) is 1. The molecule has 0 aliphatic rings. The summed E-state index contributed by atoms with van der Waals surface area (Å²) in [5.74, 6) is 0. The number of hydrogen-bond donors (Lipinski definition) is 0. The highest BCUT2D eigenvalue weighted by Gasteiger charge is 2.23. The van der Waals surface area contributed by atoms with Crippen molar-refractivity contribution in [3.63, 3.8) is 0 Å². The Labute approximate surface area is 138 Å². The minimum Gasteiger partial charge on any atom is -0.186 e. The number of rotatable bonds is 2. The Morgan fingerprint density at radius 2 is 1.86 bits per heavy atom. The van der Waals surface area contributed by atoms with Crippen LogP contribution in [0.4, 0.5) is 0 Å². The maximum absolute atomic E-state index is 6.45. The third kappa shape index (κ3) is 2.46. The Morgan fingerprint density at radius 3 is 2.52 bits per heavy atom. The Morgan fingerprint density at radius 1 is 1.10 bits per heavy atom. The number of aromatic nitrogens is 1. The van der Waals surface area contributed by atoms with E-state index in [4.69, 9.17) is 23.2 Å². The number of nitrogens with zero attached hydrogens (tertiary/aromatic N) is 1. The third-order valence-electron chi connectivity index (χ3n) is 3.77. The lowest BCUT2D eigenvalue weighted by molar-refractivity contribution is -0.669. The molecule has 0 atom stereocenters. The van der Waals surface area contributed by atoms with Gasteiger partial charge in [0.25, 0.3) is 0 Å². The summed E-state index contributed by atoms with van der Waals surface area (Å²) in [6.45, 7) is 7.42. The third-order valence-corrected chi connectivity index (χ3v) is 5.39. The van der Waals surface area contributed by atoms with Crippen molar-refractivity contribution in [2.24, 2.45) is 0 Å². The first-order valence-corrected chi connectivity index (χ1v) is 8.48. The maximum atomic E-state index is 6.45. The van der Waals surface area contributed by atoms with Crippen LogP contribution in [0.5, 0.6) is 0 Å². The first-order valence-electron chi connectivity index (χ1n) is 6.91. The maximum Gasteiger partial charge on any atom is 0.235 e. The van der Waals surface area contributed by atoms with Crippen LogP contribution in [0.3, 0.4) is 0 Å². The van der Waals surface area contributed by atoms with E-state index in [0.29, 0.717) is 10.0 Å². The van der Waals surface area contributed by atoms with Gasteiger partial charge in [0.05, 0.1) is 10.6 Å². The van der Waals surface area contributed by atoms with Gasteiger partial charge in [0.1, 0.15) is 11.2 Å². The SMILES string of the molecule is CC[n+]1c(C)sc2ccc(C)c(-c3ccc(Cl)cc3Cl)c21. The highest BCUT2D eigenvalue weighted by atomic mass is 35.5. The zero-order valence-corrected chi connectivity index (χ0v) is 14.5. The molecule has 108 valence electrons. The molecular formula is C17H16Cl2NS+. The van der Waals surface area contributed by atoms with Crippen molar-refractivity contribution in [1.29, 1.82) is 0 Å². The van der Waals surface area contributed by atoms with Gasteiger partial charge >= 0.3 is 0 Å². The van der Waals surface area contributed by atoms with Gasteiger partial charge in [-0.1, -0.05) is 46.7 Å². The summed E-state index contributed by atoms with van der Waals surface area (Å²) in [4.78, 5) is 0. The summed E-state index contributed by atoms with van der Waals surface area (Å²) in [5.41, 5.74) is 4.75. The molecule has 0 amide bonds. The highest BCUT2D eigenvalue weighted by molar-refractivity contribution is 7.18. The second kappa shape index (κ2) is 5.60. The van der Waals surface area contributed by atoms with Crippen molar-refractivity contribution in [2.75, 3.05) is 0 Å². The molecule has 1 aromatic heterocycles. The van der Waals surface area contributed by atoms with Gasteiger partial charge in [0.2, 0.25) is 10.5 Å². The molecular weight excluding hydrogens is 321 g/mol. The molecule has 1 nitrogen and oxygen atoms in total. The van der Waals surface area contributed by atoms with Crippen LogP contribution in [0.2, 0.25) is 10.0 Å². The zero-order chi connectivity index (χ0) is 15.1. The minimum atomic E-state index is 0.665. The molecule has 2 aromatic carbocycles. The monoisotopic (exact) mass is 336 g/mol. The van der Waals surface area contributed by atoms with Gasteiger partial charge < -0.3 is 0 Å². The zero-order valence-electron chi connectivity index (χ0n) is 12.2. The lowest BCUT2D eigenvalue weighted by atomic mass is 9.99. The largest absolute Gasteiger partial charge is 0.235 e. The van der Waals surface area contributed by atoms with Gasteiger partial charge in [-0.2, -0.15) is 4.57 Å². The molecule has 0 spiro atoms. The molecule has 0 N–H and O–H groups in total. The van der Waals surface area contributed by atoms with Crippen molar-refractivity contribution in [2.45, 2.75) is 27.3 Å². The number of benzene rings is 2. The van der Waals surface area contributed by atoms with Gasteiger partial charge in [-0.15, -0.1) is 0 Å². The van der Waals surface area contributed by atoms with E-state index in [1.807, 2.05) is 29.5 Å². The molecule has 0 bridgehead atoms. The predicted octanol–water partition coefficient (Wildman–Crippen LogP) is 5.80. The second-order valence-electron chi connectivity index (χ2n) is 5.09. The summed E-state index contributed by atoms with van der Waals surface area (Å²) in [6.07, 6.45) is 0. The van der Waals surface area contributed by atoms with E-state index in [0.717, 1.165) is 12.1 Å². The number of aryl methyl sites for hydroxylation is 3. The summed E-state index contributed by atoms with van der Waals surface area (Å²) >= 11 is 14.3. The lowest BCUT2D eigenvalue weighted by Crippen LogP contribution is -2.33. The normalized spacial score (nSPS) is 11.3. The number of halogens is 2.